The number of nitrogens with two attached hydrogens (primary N) is 1. The number of amides is 1. The fourth-order valence-corrected chi connectivity index (χ4v) is 2.44. The van der Waals surface area contributed by atoms with Gasteiger partial charge in [-0.25, -0.2) is 4.79 Å². The van der Waals surface area contributed by atoms with Crippen molar-refractivity contribution in [3.63, 3.8) is 0 Å². The number of halogens is 1. The van der Waals surface area contributed by atoms with E-state index in [1.165, 1.54) is 0 Å². The molecule has 0 saturated carbocycles. The van der Waals surface area contributed by atoms with E-state index in [4.69, 9.17) is 10.5 Å². The number of nitrogens with one attached hydrogen (secondary N) is 1. The van der Waals surface area contributed by atoms with E-state index in [0.717, 1.165) is 11.3 Å². The molecule has 0 bridgehead atoms. The molecule has 1 amide bonds. The lowest BCUT2D eigenvalue weighted by atomic mass is 10.2. The first-order chi connectivity index (χ1) is 13.3. The Labute approximate surface area is 189 Å². The van der Waals surface area contributed by atoms with Gasteiger partial charge in [-0.05, 0) is 51.0 Å². The highest BCUT2D eigenvalue weighted by Gasteiger charge is 2.22. The standard InChI is InChI=1S/C21H29N5O2.HI/c1-21(2,3)28-20(27)26(16-17-9-7-12-23-15-17)14-8-13-24-19(22)25-18-10-5-4-6-11-18;/h4-7,9-12,15H,8,13-14,16H2,1-3H3,(H3,22,24,25);1H. The van der Waals surface area contributed by atoms with E-state index in [-0.39, 0.29) is 30.1 Å². The van der Waals surface area contributed by atoms with Gasteiger partial charge in [-0.2, -0.15) is 0 Å². The number of rotatable bonds is 7. The number of carbonyl (C=O) groups is 1. The van der Waals surface area contributed by atoms with E-state index < -0.39 is 5.60 Å². The minimum Gasteiger partial charge on any atom is -0.444 e. The molecule has 7 nitrogen and oxygen atoms in total. The zero-order chi connectivity index (χ0) is 20.4. The molecule has 0 aliphatic heterocycles. The predicted molar refractivity (Wildman–Crippen MR) is 127 cm³/mol. The summed E-state index contributed by atoms with van der Waals surface area (Å²) in [6.45, 7) is 7.00. The third-order valence-electron chi connectivity index (χ3n) is 3.66. The van der Waals surface area contributed by atoms with E-state index in [9.17, 15) is 4.79 Å². The zero-order valence-corrected chi connectivity index (χ0v) is 19.5. The second-order valence-corrected chi connectivity index (χ2v) is 7.37. The van der Waals surface area contributed by atoms with E-state index in [2.05, 4.69) is 15.3 Å². The highest BCUT2D eigenvalue weighted by molar-refractivity contribution is 14.0. The van der Waals surface area contributed by atoms with Gasteiger partial charge in [0.2, 0.25) is 0 Å². The van der Waals surface area contributed by atoms with Crippen LogP contribution in [0.25, 0.3) is 0 Å². The summed E-state index contributed by atoms with van der Waals surface area (Å²) in [4.78, 5) is 22.6. The Morgan fingerprint density at radius 1 is 1.21 bits per heavy atom. The Morgan fingerprint density at radius 3 is 2.55 bits per heavy atom. The van der Waals surface area contributed by atoms with Crippen LogP contribution in [0.1, 0.15) is 32.8 Å². The molecule has 29 heavy (non-hydrogen) atoms. The zero-order valence-electron chi connectivity index (χ0n) is 17.2. The maximum atomic E-state index is 12.5. The summed E-state index contributed by atoms with van der Waals surface area (Å²) in [5.74, 6) is 0.349. The van der Waals surface area contributed by atoms with Gasteiger partial charge in [-0.15, -0.1) is 24.0 Å². The van der Waals surface area contributed by atoms with Crippen LogP contribution in [0.4, 0.5) is 10.5 Å². The van der Waals surface area contributed by atoms with Crippen molar-refractivity contribution in [3.8, 4) is 0 Å². The first-order valence-electron chi connectivity index (χ1n) is 9.32. The van der Waals surface area contributed by atoms with Gasteiger partial charge in [0.25, 0.3) is 0 Å². The van der Waals surface area contributed by atoms with Crippen molar-refractivity contribution in [2.75, 3.05) is 18.4 Å². The first-order valence-corrected chi connectivity index (χ1v) is 9.32. The summed E-state index contributed by atoms with van der Waals surface area (Å²) in [6, 6.07) is 13.4. The van der Waals surface area contributed by atoms with Crippen molar-refractivity contribution in [2.45, 2.75) is 39.3 Å². The number of nitrogens with zero attached hydrogens (tertiary/aromatic N) is 3. The average Bonchev–Trinajstić information content (AvgIpc) is 2.64. The van der Waals surface area contributed by atoms with Gasteiger partial charge in [0.1, 0.15) is 5.60 Å². The number of hydrogen-bond donors (Lipinski definition) is 2. The number of guanidine groups is 1. The van der Waals surface area contributed by atoms with Crippen molar-refractivity contribution in [1.29, 1.82) is 0 Å². The second-order valence-electron chi connectivity index (χ2n) is 7.37. The second kappa shape index (κ2) is 12.3. The summed E-state index contributed by atoms with van der Waals surface area (Å²) < 4.78 is 5.52. The molecule has 2 aromatic rings. The fraction of sp³-hybridized carbons (Fsp3) is 0.381. The Hall–Kier alpha value is -2.36. The molecular weight excluding hydrogens is 481 g/mol. The van der Waals surface area contributed by atoms with E-state index in [1.807, 2.05) is 63.2 Å². The number of ether oxygens (including phenoxy) is 1. The molecule has 1 heterocycles. The predicted octanol–water partition coefficient (Wildman–Crippen LogP) is 4.25. The maximum absolute atomic E-state index is 12.5. The van der Waals surface area contributed by atoms with E-state index in [1.54, 1.807) is 17.3 Å². The molecule has 0 fully saturated rings. The van der Waals surface area contributed by atoms with E-state index in [0.29, 0.717) is 32.0 Å². The molecular formula is C21H30IN5O2. The molecule has 0 aliphatic rings. The number of pyridine rings is 1. The molecule has 2 rings (SSSR count). The monoisotopic (exact) mass is 511 g/mol. The molecule has 158 valence electrons. The first kappa shape index (κ1) is 24.7. The topological polar surface area (TPSA) is 92.8 Å². The molecule has 0 aliphatic carbocycles. The van der Waals surface area contributed by atoms with Crippen LogP contribution < -0.4 is 11.1 Å². The molecule has 8 heteroatoms. The molecule has 0 spiro atoms. The van der Waals surface area contributed by atoms with Crippen molar-refractivity contribution in [2.24, 2.45) is 10.7 Å². The van der Waals surface area contributed by atoms with Gasteiger partial charge in [-0.1, -0.05) is 24.3 Å². The van der Waals surface area contributed by atoms with Crippen LogP contribution in [0.2, 0.25) is 0 Å². The van der Waals surface area contributed by atoms with Crippen LogP contribution in [-0.4, -0.2) is 40.6 Å². The third kappa shape index (κ3) is 10.1. The number of hydrogen-bond acceptors (Lipinski definition) is 4. The van der Waals surface area contributed by atoms with Crippen LogP contribution in [-0.2, 0) is 11.3 Å². The molecule has 1 aromatic heterocycles. The van der Waals surface area contributed by atoms with Crippen molar-refractivity contribution in [3.05, 3.63) is 60.4 Å². The van der Waals surface area contributed by atoms with Crippen LogP contribution in [0, 0.1) is 0 Å². The molecule has 0 radical (unpaired) electrons. The highest BCUT2D eigenvalue weighted by atomic mass is 127. The number of para-hydroxylation sites is 1. The lowest BCUT2D eigenvalue weighted by Gasteiger charge is -2.27. The summed E-state index contributed by atoms with van der Waals surface area (Å²) in [5.41, 5.74) is 7.20. The lowest BCUT2D eigenvalue weighted by Crippen LogP contribution is -2.37. The van der Waals surface area contributed by atoms with Crippen LogP contribution in [0.5, 0.6) is 0 Å². The van der Waals surface area contributed by atoms with Crippen molar-refractivity contribution >= 4 is 41.7 Å². The van der Waals surface area contributed by atoms with Gasteiger partial charge in [-0.3, -0.25) is 9.98 Å². The van der Waals surface area contributed by atoms with Gasteiger partial charge < -0.3 is 20.7 Å². The smallest absolute Gasteiger partial charge is 0.410 e. The van der Waals surface area contributed by atoms with Gasteiger partial charge in [0.15, 0.2) is 5.96 Å². The van der Waals surface area contributed by atoms with Crippen LogP contribution in [0.15, 0.2) is 59.9 Å². The quantitative estimate of drug-likeness (QED) is 0.251. The van der Waals surface area contributed by atoms with Crippen molar-refractivity contribution in [1.82, 2.24) is 9.88 Å². The van der Waals surface area contributed by atoms with E-state index >= 15 is 0 Å². The molecule has 3 N–H and O–H groups in total. The van der Waals surface area contributed by atoms with Crippen LogP contribution >= 0.6 is 24.0 Å². The SMILES string of the molecule is CC(C)(C)OC(=O)N(CCCN=C(N)Nc1ccccc1)Cc1cccnc1.I. The number of carbonyl (C=O) groups excluding carboxylic acids is 1. The number of anilines is 1. The summed E-state index contributed by atoms with van der Waals surface area (Å²) >= 11 is 0. The minimum absolute atomic E-state index is 0. The molecule has 1 aromatic carbocycles. The minimum atomic E-state index is -0.549. The Kier molecular flexibility index (Phi) is 10.4. The van der Waals surface area contributed by atoms with Gasteiger partial charge >= 0.3 is 6.09 Å². The Bertz CT molecular complexity index is 764. The number of aromatic nitrogens is 1. The number of benzene rings is 1. The lowest BCUT2D eigenvalue weighted by molar-refractivity contribution is 0.0232. The Morgan fingerprint density at radius 2 is 1.93 bits per heavy atom. The normalized spacial score (nSPS) is 11.3. The molecule has 0 unspecified atom stereocenters. The molecule has 0 atom stereocenters. The highest BCUT2D eigenvalue weighted by Crippen LogP contribution is 2.13. The fourth-order valence-electron chi connectivity index (χ4n) is 2.44. The van der Waals surface area contributed by atoms with Gasteiger partial charge in [0, 0.05) is 31.2 Å². The molecule has 0 saturated heterocycles. The van der Waals surface area contributed by atoms with Crippen molar-refractivity contribution < 1.29 is 9.53 Å². The average molecular weight is 511 g/mol. The number of aliphatic imine (C=N–C) groups is 1. The summed E-state index contributed by atoms with van der Waals surface area (Å²) in [7, 11) is 0. The Balaban J connectivity index is 0.00000420. The summed E-state index contributed by atoms with van der Waals surface area (Å²) in [6.07, 6.45) is 3.77. The summed E-state index contributed by atoms with van der Waals surface area (Å²) in [5, 5.41) is 3.04. The maximum Gasteiger partial charge on any atom is 0.410 e. The van der Waals surface area contributed by atoms with Crippen LogP contribution in [0.3, 0.4) is 0 Å². The largest absolute Gasteiger partial charge is 0.444 e. The van der Waals surface area contributed by atoms with Gasteiger partial charge in [0.05, 0.1) is 6.54 Å². The third-order valence-corrected chi connectivity index (χ3v) is 3.66.